The highest BCUT2D eigenvalue weighted by Gasteiger charge is 2.19. The van der Waals surface area contributed by atoms with Crippen molar-refractivity contribution in [3.8, 4) is 22.1 Å². The zero-order valence-electron chi connectivity index (χ0n) is 12.0. The number of methoxy groups -OCH3 is 2. The summed E-state index contributed by atoms with van der Waals surface area (Å²) >= 11 is 1.40. The molecule has 1 aromatic heterocycles. The number of ketones is 1. The second kappa shape index (κ2) is 6.05. The second-order valence-corrected chi connectivity index (χ2v) is 5.24. The molecule has 0 atom stereocenters. The monoisotopic (exact) mass is 291 g/mol. The molecule has 0 unspecified atom stereocenters. The number of thiazole rings is 1. The van der Waals surface area contributed by atoms with Crippen LogP contribution in [0.4, 0.5) is 0 Å². The summed E-state index contributed by atoms with van der Waals surface area (Å²) in [4.78, 5) is 16.9. The van der Waals surface area contributed by atoms with Gasteiger partial charge in [0.25, 0.3) is 0 Å². The highest BCUT2D eigenvalue weighted by atomic mass is 32.1. The number of carbonyl (C=O) groups excluding carboxylic acids is 1. The number of ether oxygens (including phenoxy) is 2. The molecule has 0 saturated heterocycles. The van der Waals surface area contributed by atoms with Crippen molar-refractivity contribution in [1.82, 2.24) is 4.98 Å². The minimum atomic E-state index is 0.0486. The van der Waals surface area contributed by atoms with Crippen LogP contribution < -0.4 is 9.47 Å². The summed E-state index contributed by atoms with van der Waals surface area (Å²) in [6.45, 7) is 3.56. The zero-order valence-corrected chi connectivity index (χ0v) is 12.8. The first-order valence-corrected chi connectivity index (χ1v) is 7.16. The summed E-state index contributed by atoms with van der Waals surface area (Å²) in [6.07, 6.45) is 0.734. The standard InChI is InChI=1S/C15H17NO3S/c1-5-11-14(9(2)17)20-15(16-11)10-7-6-8-12(18-3)13(10)19-4/h6-8H,5H2,1-4H3. The molecule has 1 heterocycles. The second-order valence-electron chi connectivity index (χ2n) is 4.25. The molecule has 2 aromatic rings. The number of aryl methyl sites for hydroxylation is 1. The summed E-state index contributed by atoms with van der Waals surface area (Å²) in [5.41, 5.74) is 1.68. The highest BCUT2D eigenvalue weighted by molar-refractivity contribution is 7.17. The van der Waals surface area contributed by atoms with Crippen LogP contribution in [0.15, 0.2) is 18.2 Å². The molecule has 0 saturated carbocycles. The number of hydrogen-bond acceptors (Lipinski definition) is 5. The van der Waals surface area contributed by atoms with Gasteiger partial charge in [0.1, 0.15) is 5.01 Å². The Kier molecular flexibility index (Phi) is 4.39. The quantitative estimate of drug-likeness (QED) is 0.790. The summed E-state index contributed by atoms with van der Waals surface area (Å²) in [7, 11) is 3.20. The lowest BCUT2D eigenvalue weighted by Crippen LogP contribution is -1.94. The Hall–Kier alpha value is -1.88. The van der Waals surface area contributed by atoms with E-state index in [-0.39, 0.29) is 5.78 Å². The maximum absolute atomic E-state index is 11.7. The average molecular weight is 291 g/mol. The molecular weight excluding hydrogens is 274 g/mol. The third-order valence-corrected chi connectivity index (χ3v) is 4.22. The zero-order chi connectivity index (χ0) is 14.7. The van der Waals surface area contributed by atoms with Crippen molar-refractivity contribution in [3.05, 3.63) is 28.8 Å². The number of benzene rings is 1. The lowest BCUT2D eigenvalue weighted by Gasteiger charge is -2.10. The Bertz CT molecular complexity index is 634. The smallest absolute Gasteiger partial charge is 0.171 e. The van der Waals surface area contributed by atoms with Crippen LogP contribution in [-0.4, -0.2) is 25.0 Å². The molecule has 0 aliphatic heterocycles. The van der Waals surface area contributed by atoms with Gasteiger partial charge in [-0.1, -0.05) is 13.0 Å². The normalized spacial score (nSPS) is 10.4. The van der Waals surface area contributed by atoms with Crippen LogP contribution in [0.1, 0.15) is 29.2 Å². The van der Waals surface area contributed by atoms with Crippen LogP contribution in [0.3, 0.4) is 0 Å². The van der Waals surface area contributed by atoms with Gasteiger partial charge < -0.3 is 9.47 Å². The Labute approximate surface area is 122 Å². The minimum absolute atomic E-state index is 0.0486. The lowest BCUT2D eigenvalue weighted by atomic mass is 10.2. The van der Waals surface area contributed by atoms with E-state index in [1.165, 1.54) is 11.3 Å². The average Bonchev–Trinajstić information content (AvgIpc) is 2.90. The molecule has 1 aromatic carbocycles. The largest absolute Gasteiger partial charge is 0.493 e. The van der Waals surface area contributed by atoms with Gasteiger partial charge in [-0.3, -0.25) is 4.79 Å². The number of para-hydroxylation sites is 1. The van der Waals surface area contributed by atoms with E-state index in [9.17, 15) is 4.79 Å². The Morgan fingerprint density at radius 1 is 1.30 bits per heavy atom. The number of rotatable bonds is 5. The molecular formula is C15H17NO3S. The van der Waals surface area contributed by atoms with Crippen molar-refractivity contribution in [1.29, 1.82) is 0 Å². The first-order chi connectivity index (χ1) is 9.62. The van der Waals surface area contributed by atoms with Gasteiger partial charge >= 0.3 is 0 Å². The van der Waals surface area contributed by atoms with E-state index in [2.05, 4.69) is 4.98 Å². The third-order valence-electron chi connectivity index (χ3n) is 2.99. The first kappa shape index (κ1) is 14.5. The van der Waals surface area contributed by atoms with Crippen LogP contribution in [0.2, 0.25) is 0 Å². The maximum Gasteiger partial charge on any atom is 0.171 e. The topological polar surface area (TPSA) is 48.4 Å². The van der Waals surface area contributed by atoms with Gasteiger partial charge in [0.15, 0.2) is 17.3 Å². The number of nitrogens with zero attached hydrogens (tertiary/aromatic N) is 1. The highest BCUT2D eigenvalue weighted by Crippen LogP contribution is 2.40. The summed E-state index contributed by atoms with van der Waals surface area (Å²) < 4.78 is 10.7. The minimum Gasteiger partial charge on any atom is -0.493 e. The van der Waals surface area contributed by atoms with E-state index < -0.39 is 0 Å². The summed E-state index contributed by atoms with van der Waals surface area (Å²) in [6, 6.07) is 5.64. The molecule has 0 aliphatic carbocycles. The maximum atomic E-state index is 11.7. The molecule has 106 valence electrons. The molecule has 0 fully saturated rings. The first-order valence-electron chi connectivity index (χ1n) is 6.34. The molecule has 4 nitrogen and oxygen atoms in total. The predicted octanol–water partition coefficient (Wildman–Crippen LogP) is 3.59. The Morgan fingerprint density at radius 3 is 2.55 bits per heavy atom. The molecule has 0 aliphatic rings. The molecule has 0 spiro atoms. The Morgan fingerprint density at radius 2 is 2.05 bits per heavy atom. The predicted molar refractivity (Wildman–Crippen MR) is 80.0 cm³/mol. The Balaban J connectivity index is 2.60. The van der Waals surface area contributed by atoms with Crippen molar-refractivity contribution in [2.24, 2.45) is 0 Å². The lowest BCUT2D eigenvalue weighted by molar-refractivity contribution is 0.102. The number of hydrogen-bond donors (Lipinski definition) is 0. The van der Waals surface area contributed by atoms with Gasteiger partial charge in [0.2, 0.25) is 0 Å². The van der Waals surface area contributed by atoms with Crippen LogP contribution in [0.5, 0.6) is 11.5 Å². The van der Waals surface area contributed by atoms with Crippen LogP contribution in [0.25, 0.3) is 10.6 Å². The van der Waals surface area contributed by atoms with Gasteiger partial charge in [-0.2, -0.15) is 0 Å². The fourth-order valence-corrected chi connectivity index (χ4v) is 3.11. The fraction of sp³-hybridized carbons (Fsp3) is 0.333. The van der Waals surface area contributed by atoms with Crippen molar-refractivity contribution in [2.45, 2.75) is 20.3 Å². The van der Waals surface area contributed by atoms with E-state index in [0.29, 0.717) is 16.4 Å². The molecule has 0 N–H and O–H groups in total. The molecule has 20 heavy (non-hydrogen) atoms. The number of aromatic nitrogens is 1. The fourth-order valence-electron chi connectivity index (χ4n) is 2.04. The van der Waals surface area contributed by atoms with Gasteiger partial charge in [-0.05, 0) is 18.6 Å². The number of Topliss-reactive ketones (excluding diaryl/α,β-unsaturated/α-hetero) is 1. The molecule has 0 radical (unpaired) electrons. The van der Waals surface area contributed by atoms with Crippen molar-refractivity contribution >= 4 is 17.1 Å². The van der Waals surface area contributed by atoms with E-state index >= 15 is 0 Å². The SMILES string of the molecule is CCc1nc(-c2cccc(OC)c2OC)sc1C(C)=O. The van der Waals surface area contributed by atoms with E-state index in [1.807, 2.05) is 25.1 Å². The van der Waals surface area contributed by atoms with Crippen molar-refractivity contribution in [3.63, 3.8) is 0 Å². The van der Waals surface area contributed by atoms with Gasteiger partial charge in [-0.15, -0.1) is 11.3 Å². The van der Waals surface area contributed by atoms with Crippen LogP contribution in [-0.2, 0) is 6.42 Å². The van der Waals surface area contributed by atoms with Gasteiger partial charge in [0.05, 0.1) is 30.4 Å². The molecule has 0 bridgehead atoms. The van der Waals surface area contributed by atoms with Gasteiger partial charge in [0, 0.05) is 6.92 Å². The summed E-state index contributed by atoms with van der Waals surface area (Å²) in [5.74, 6) is 1.34. The van der Waals surface area contributed by atoms with Crippen molar-refractivity contribution < 1.29 is 14.3 Å². The molecule has 2 rings (SSSR count). The third kappa shape index (κ3) is 2.54. The van der Waals surface area contributed by atoms with Crippen LogP contribution >= 0.6 is 11.3 Å². The molecule has 5 heteroatoms. The van der Waals surface area contributed by atoms with Crippen molar-refractivity contribution in [2.75, 3.05) is 14.2 Å². The van der Waals surface area contributed by atoms with E-state index in [4.69, 9.17) is 9.47 Å². The van der Waals surface area contributed by atoms with E-state index in [0.717, 1.165) is 22.7 Å². The van der Waals surface area contributed by atoms with Gasteiger partial charge in [-0.25, -0.2) is 4.98 Å². The number of carbonyl (C=O) groups is 1. The molecule has 0 amide bonds. The van der Waals surface area contributed by atoms with Crippen LogP contribution in [0, 0.1) is 0 Å². The van der Waals surface area contributed by atoms with E-state index in [1.54, 1.807) is 21.1 Å². The summed E-state index contributed by atoms with van der Waals surface area (Å²) in [5, 5.41) is 0.780.